The molecule has 1 N–H and O–H groups in total. The van der Waals surface area contributed by atoms with E-state index in [1.165, 1.54) is 6.07 Å². The molecule has 0 bridgehead atoms. The van der Waals surface area contributed by atoms with Crippen molar-refractivity contribution >= 4 is 0 Å². The molecule has 1 aliphatic carbocycles. The molecule has 1 saturated heterocycles. The molecular weight excluding hydrogens is 315 g/mol. The Kier molecular flexibility index (Phi) is 4.48. The summed E-state index contributed by atoms with van der Waals surface area (Å²) in [6.45, 7) is 0.637. The summed E-state index contributed by atoms with van der Waals surface area (Å²) < 4.78 is 55.3. The zero-order valence-electron chi connectivity index (χ0n) is 12.4. The van der Waals surface area contributed by atoms with Crippen LogP contribution >= 0.6 is 0 Å². The number of alkyl halides is 3. The second-order valence-electron chi connectivity index (χ2n) is 5.78. The van der Waals surface area contributed by atoms with Crippen LogP contribution in [0.2, 0.25) is 0 Å². The molecule has 0 radical (unpaired) electrons. The van der Waals surface area contributed by atoms with E-state index in [9.17, 15) is 13.2 Å². The first-order chi connectivity index (χ1) is 10.9. The summed E-state index contributed by atoms with van der Waals surface area (Å²) in [5.74, 6) is -0.657. The molecule has 128 valence electrons. The van der Waals surface area contributed by atoms with E-state index in [0.717, 1.165) is 6.07 Å². The maximum Gasteiger partial charge on any atom is 0.433 e. The standard InChI is InChI=1S/C15H18F3NO4/c16-15(17,18)12-7-10(9-20)8-13(19-12)23-11-1-3-14(4-2-11)21-5-6-22-14/h7-8,11,20H,1-6,9H2. The van der Waals surface area contributed by atoms with E-state index in [0.29, 0.717) is 38.9 Å². The number of aliphatic hydroxyl groups excluding tert-OH is 1. The Morgan fingerprint density at radius 2 is 1.87 bits per heavy atom. The van der Waals surface area contributed by atoms with E-state index in [4.69, 9.17) is 19.3 Å². The summed E-state index contributed by atoms with van der Waals surface area (Å²) in [4.78, 5) is 3.51. The molecular formula is C15H18F3NO4. The lowest BCUT2D eigenvalue weighted by Gasteiger charge is -2.35. The van der Waals surface area contributed by atoms with E-state index < -0.39 is 24.3 Å². The van der Waals surface area contributed by atoms with Crippen molar-refractivity contribution < 1.29 is 32.5 Å². The molecule has 8 heteroatoms. The topological polar surface area (TPSA) is 60.8 Å². The molecule has 1 aromatic rings. The van der Waals surface area contributed by atoms with Crippen molar-refractivity contribution in [1.29, 1.82) is 0 Å². The Hall–Kier alpha value is -1.38. The molecule has 23 heavy (non-hydrogen) atoms. The van der Waals surface area contributed by atoms with Gasteiger partial charge in [0.05, 0.1) is 19.8 Å². The van der Waals surface area contributed by atoms with Crippen molar-refractivity contribution in [2.45, 2.75) is 50.4 Å². The quantitative estimate of drug-likeness (QED) is 0.921. The third-order valence-electron chi connectivity index (χ3n) is 4.13. The average Bonchev–Trinajstić information content (AvgIpc) is 2.97. The molecule has 0 aromatic carbocycles. The fourth-order valence-corrected chi connectivity index (χ4v) is 2.96. The molecule has 3 rings (SSSR count). The fraction of sp³-hybridized carbons (Fsp3) is 0.667. The maximum atomic E-state index is 12.8. The minimum atomic E-state index is -4.58. The van der Waals surface area contributed by atoms with Crippen LogP contribution in [0.1, 0.15) is 36.9 Å². The molecule has 1 saturated carbocycles. The molecule has 1 spiro atoms. The number of hydrogen-bond donors (Lipinski definition) is 1. The van der Waals surface area contributed by atoms with Crippen LogP contribution in [0.5, 0.6) is 5.88 Å². The summed E-state index contributed by atoms with van der Waals surface area (Å²) in [5, 5.41) is 9.11. The van der Waals surface area contributed by atoms with Crippen LogP contribution in [0.15, 0.2) is 12.1 Å². The second kappa shape index (κ2) is 6.26. The predicted molar refractivity (Wildman–Crippen MR) is 72.7 cm³/mol. The van der Waals surface area contributed by atoms with E-state index in [1.807, 2.05) is 0 Å². The van der Waals surface area contributed by atoms with Gasteiger partial charge in [0, 0.05) is 18.9 Å². The Bertz CT molecular complexity index is 548. The Morgan fingerprint density at radius 1 is 1.22 bits per heavy atom. The van der Waals surface area contributed by atoms with Crippen LogP contribution in [0, 0.1) is 0 Å². The number of nitrogens with zero attached hydrogens (tertiary/aromatic N) is 1. The van der Waals surface area contributed by atoms with Gasteiger partial charge in [-0.05, 0) is 24.5 Å². The highest BCUT2D eigenvalue weighted by Crippen LogP contribution is 2.37. The summed E-state index contributed by atoms with van der Waals surface area (Å²) >= 11 is 0. The number of halogens is 3. The van der Waals surface area contributed by atoms with E-state index in [2.05, 4.69) is 4.98 Å². The molecule has 0 atom stereocenters. The first-order valence-electron chi connectivity index (χ1n) is 7.54. The van der Waals surface area contributed by atoms with E-state index >= 15 is 0 Å². The van der Waals surface area contributed by atoms with Crippen molar-refractivity contribution in [2.75, 3.05) is 13.2 Å². The third kappa shape index (κ3) is 3.76. The first kappa shape index (κ1) is 16.5. The second-order valence-corrected chi connectivity index (χ2v) is 5.78. The number of aromatic nitrogens is 1. The molecule has 2 aliphatic rings. The number of hydrogen-bond acceptors (Lipinski definition) is 5. The zero-order chi connectivity index (χ0) is 16.5. The number of ether oxygens (including phenoxy) is 3. The predicted octanol–water partition coefficient (Wildman–Crippen LogP) is 2.66. The molecule has 2 fully saturated rings. The van der Waals surface area contributed by atoms with Crippen LogP contribution in [-0.4, -0.2) is 35.2 Å². The Morgan fingerprint density at radius 3 is 2.43 bits per heavy atom. The molecule has 5 nitrogen and oxygen atoms in total. The van der Waals surface area contributed by atoms with E-state index in [1.54, 1.807) is 0 Å². The largest absolute Gasteiger partial charge is 0.474 e. The molecule has 0 unspecified atom stereocenters. The Labute approximate surface area is 131 Å². The van der Waals surface area contributed by atoms with Gasteiger partial charge in [-0.3, -0.25) is 0 Å². The minimum Gasteiger partial charge on any atom is -0.474 e. The number of pyridine rings is 1. The summed E-state index contributed by atoms with van der Waals surface area (Å²) in [5.41, 5.74) is -0.939. The lowest BCUT2D eigenvalue weighted by molar-refractivity contribution is -0.186. The first-order valence-corrected chi connectivity index (χ1v) is 7.54. The van der Waals surface area contributed by atoms with Gasteiger partial charge in [0.25, 0.3) is 0 Å². The Balaban J connectivity index is 1.68. The third-order valence-corrected chi connectivity index (χ3v) is 4.13. The monoisotopic (exact) mass is 333 g/mol. The highest BCUT2D eigenvalue weighted by molar-refractivity contribution is 5.26. The van der Waals surface area contributed by atoms with Gasteiger partial charge in [-0.15, -0.1) is 0 Å². The lowest BCUT2D eigenvalue weighted by Crippen LogP contribution is -2.38. The molecule has 0 amide bonds. The van der Waals surface area contributed by atoms with Crippen LogP contribution in [0.4, 0.5) is 13.2 Å². The van der Waals surface area contributed by atoms with Crippen molar-refractivity contribution in [2.24, 2.45) is 0 Å². The SMILES string of the molecule is OCc1cc(OC2CCC3(CC2)OCCO3)nc(C(F)(F)F)c1. The van der Waals surface area contributed by atoms with Crippen molar-refractivity contribution in [1.82, 2.24) is 4.98 Å². The molecule has 2 heterocycles. The van der Waals surface area contributed by atoms with E-state index in [-0.39, 0.29) is 17.5 Å². The molecule has 1 aromatic heterocycles. The van der Waals surface area contributed by atoms with Crippen molar-refractivity contribution in [3.63, 3.8) is 0 Å². The van der Waals surface area contributed by atoms with Gasteiger partial charge in [-0.1, -0.05) is 0 Å². The van der Waals surface area contributed by atoms with Gasteiger partial charge in [0.1, 0.15) is 11.8 Å². The number of aliphatic hydroxyl groups is 1. The van der Waals surface area contributed by atoms with Crippen LogP contribution in [0.3, 0.4) is 0 Å². The zero-order valence-corrected chi connectivity index (χ0v) is 12.4. The minimum absolute atomic E-state index is 0.113. The smallest absolute Gasteiger partial charge is 0.433 e. The van der Waals surface area contributed by atoms with Crippen LogP contribution in [0.25, 0.3) is 0 Å². The van der Waals surface area contributed by atoms with Gasteiger partial charge in [0.2, 0.25) is 5.88 Å². The number of rotatable bonds is 3. The summed E-state index contributed by atoms with van der Waals surface area (Å²) in [7, 11) is 0. The lowest BCUT2D eigenvalue weighted by atomic mass is 9.92. The van der Waals surface area contributed by atoms with Crippen molar-refractivity contribution in [3.8, 4) is 5.88 Å². The normalized spacial score (nSPS) is 21.7. The fourth-order valence-electron chi connectivity index (χ4n) is 2.96. The maximum absolute atomic E-state index is 12.8. The highest BCUT2D eigenvalue weighted by Gasteiger charge is 2.41. The van der Waals surface area contributed by atoms with Crippen LogP contribution in [-0.2, 0) is 22.3 Å². The summed E-state index contributed by atoms with van der Waals surface area (Å²) in [6.07, 6.45) is -2.30. The van der Waals surface area contributed by atoms with Gasteiger partial charge < -0.3 is 19.3 Å². The summed E-state index contributed by atoms with van der Waals surface area (Å²) in [6, 6.07) is 2.16. The highest BCUT2D eigenvalue weighted by atomic mass is 19.4. The van der Waals surface area contributed by atoms with Gasteiger partial charge >= 0.3 is 6.18 Å². The van der Waals surface area contributed by atoms with Gasteiger partial charge in [0.15, 0.2) is 5.79 Å². The van der Waals surface area contributed by atoms with Crippen molar-refractivity contribution in [3.05, 3.63) is 23.4 Å². The average molecular weight is 333 g/mol. The van der Waals surface area contributed by atoms with Crippen LogP contribution < -0.4 is 4.74 Å². The van der Waals surface area contributed by atoms with Gasteiger partial charge in [-0.25, -0.2) is 4.98 Å². The van der Waals surface area contributed by atoms with Gasteiger partial charge in [-0.2, -0.15) is 13.2 Å². The molecule has 1 aliphatic heterocycles.